The number of halogens is 1. The average molecular weight is 243 g/mol. The summed E-state index contributed by atoms with van der Waals surface area (Å²) in [4.78, 5) is 8.16. The van der Waals surface area contributed by atoms with Gasteiger partial charge in [-0.15, -0.1) is 0 Å². The minimum absolute atomic E-state index is 0.328. The van der Waals surface area contributed by atoms with Gasteiger partial charge in [0.25, 0.3) is 0 Å². The third kappa shape index (κ3) is 2.40. The zero-order valence-electron chi connectivity index (χ0n) is 7.24. The predicted octanol–water partition coefficient (Wildman–Crippen LogP) is 2.56. The molecule has 0 aliphatic heterocycles. The quantitative estimate of drug-likeness (QED) is 0.748. The molecule has 1 saturated carbocycles. The van der Waals surface area contributed by atoms with E-state index in [9.17, 15) is 0 Å². The number of aromatic nitrogens is 2. The van der Waals surface area contributed by atoms with Gasteiger partial charge in [-0.3, -0.25) is 0 Å². The first kappa shape index (κ1) is 8.94. The van der Waals surface area contributed by atoms with Gasteiger partial charge in [0.05, 0.1) is 0 Å². The molecule has 0 spiro atoms. The number of rotatable bonds is 2. The lowest BCUT2D eigenvalue weighted by molar-refractivity contribution is 0.192. The van der Waals surface area contributed by atoms with E-state index in [4.69, 9.17) is 4.74 Å². The van der Waals surface area contributed by atoms with Gasteiger partial charge in [0.2, 0.25) is 0 Å². The maximum Gasteiger partial charge on any atom is 0.317 e. The predicted molar refractivity (Wildman–Crippen MR) is 52.6 cm³/mol. The van der Waals surface area contributed by atoms with Gasteiger partial charge in [-0.1, -0.05) is 0 Å². The number of hydrogen-bond donors (Lipinski definition) is 0. The van der Waals surface area contributed by atoms with E-state index in [0.717, 1.165) is 17.4 Å². The minimum atomic E-state index is 0.328. The molecule has 0 radical (unpaired) electrons. The van der Waals surface area contributed by atoms with Crippen LogP contribution in [0, 0.1) is 0 Å². The van der Waals surface area contributed by atoms with Crippen LogP contribution in [0.5, 0.6) is 6.01 Å². The normalized spacial score (nSPS) is 17.6. The van der Waals surface area contributed by atoms with Crippen molar-refractivity contribution in [2.75, 3.05) is 0 Å². The third-order valence-corrected chi connectivity index (χ3v) is 2.62. The molecular formula is C9H11BrN2O. The first-order chi connectivity index (χ1) is 6.34. The first-order valence-electron chi connectivity index (χ1n) is 4.50. The molecule has 0 bridgehead atoms. The second-order valence-corrected chi connectivity index (χ2v) is 4.00. The van der Waals surface area contributed by atoms with E-state index >= 15 is 0 Å². The van der Waals surface area contributed by atoms with Crippen LogP contribution >= 0.6 is 15.9 Å². The van der Waals surface area contributed by atoms with Crippen LogP contribution in [-0.2, 0) is 0 Å². The molecule has 0 atom stereocenters. The fourth-order valence-electron chi connectivity index (χ4n) is 1.53. The zero-order chi connectivity index (χ0) is 9.10. The van der Waals surface area contributed by atoms with Crippen LogP contribution in [0.2, 0.25) is 0 Å². The van der Waals surface area contributed by atoms with Crippen molar-refractivity contribution in [1.82, 2.24) is 9.97 Å². The average Bonchev–Trinajstić information content (AvgIpc) is 2.57. The summed E-state index contributed by atoms with van der Waals surface area (Å²) in [6, 6.07) is 2.28. The Hall–Kier alpha value is -0.640. The fourth-order valence-corrected chi connectivity index (χ4v) is 1.80. The minimum Gasteiger partial charge on any atom is -0.460 e. The maximum atomic E-state index is 5.60. The van der Waals surface area contributed by atoms with Crippen LogP contribution in [-0.4, -0.2) is 16.1 Å². The van der Waals surface area contributed by atoms with Crippen molar-refractivity contribution < 1.29 is 4.74 Å². The molecule has 0 saturated heterocycles. The maximum absolute atomic E-state index is 5.60. The Balaban J connectivity index is 2.00. The molecule has 3 nitrogen and oxygen atoms in total. The topological polar surface area (TPSA) is 35.0 Å². The molecule has 13 heavy (non-hydrogen) atoms. The summed E-state index contributed by atoms with van der Waals surface area (Å²) in [6.45, 7) is 0. The Morgan fingerprint density at radius 1 is 1.38 bits per heavy atom. The van der Waals surface area contributed by atoms with E-state index in [-0.39, 0.29) is 0 Å². The molecule has 1 aromatic rings. The van der Waals surface area contributed by atoms with Crippen molar-refractivity contribution in [1.29, 1.82) is 0 Å². The smallest absolute Gasteiger partial charge is 0.317 e. The highest BCUT2D eigenvalue weighted by molar-refractivity contribution is 9.10. The van der Waals surface area contributed by atoms with Gasteiger partial charge in [-0.2, -0.15) is 4.98 Å². The van der Waals surface area contributed by atoms with Crippen LogP contribution in [0.25, 0.3) is 0 Å². The summed E-state index contributed by atoms with van der Waals surface area (Å²) in [5, 5.41) is 0. The Labute approximate surface area is 85.7 Å². The van der Waals surface area contributed by atoms with Crippen molar-refractivity contribution in [3.8, 4) is 6.01 Å². The molecule has 1 aliphatic carbocycles. The summed E-state index contributed by atoms with van der Waals surface area (Å²) in [6.07, 6.45) is 6.82. The van der Waals surface area contributed by atoms with E-state index < -0.39 is 0 Å². The highest BCUT2D eigenvalue weighted by atomic mass is 79.9. The molecule has 4 heteroatoms. The van der Waals surface area contributed by atoms with E-state index in [1.165, 1.54) is 12.8 Å². The molecular weight excluding hydrogens is 232 g/mol. The summed E-state index contributed by atoms with van der Waals surface area (Å²) < 4.78 is 6.38. The Morgan fingerprint density at radius 2 is 2.15 bits per heavy atom. The van der Waals surface area contributed by atoms with Crippen molar-refractivity contribution >= 4 is 15.9 Å². The summed E-state index contributed by atoms with van der Waals surface area (Å²) in [5.41, 5.74) is 0. The molecule has 1 aliphatic rings. The fraction of sp³-hybridized carbons (Fsp3) is 0.556. The molecule has 0 unspecified atom stereocenters. The Morgan fingerprint density at radius 3 is 2.85 bits per heavy atom. The van der Waals surface area contributed by atoms with Crippen LogP contribution < -0.4 is 4.74 Å². The molecule has 2 rings (SSSR count). The number of nitrogens with zero attached hydrogens (tertiary/aromatic N) is 2. The molecule has 0 N–H and O–H groups in total. The zero-order valence-corrected chi connectivity index (χ0v) is 8.83. The van der Waals surface area contributed by atoms with E-state index in [1.54, 1.807) is 12.3 Å². The molecule has 70 valence electrons. The summed E-state index contributed by atoms with van der Waals surface area (Å²) in [7, 11) is 0. The molecule has 0 amide bonds. The second kappa shape index (κ2) is 4.05. The monoisotopic (exact) mass is 242 g/mol. The number of hydrogen-bond acceptors (Lipinski definition) is 3. The van der Waals surface area contributed by atoms with E-state index in [0.29, 0.717) is 12.1 Å². The largest absolute Gasteiger partial charge is 0.460 e. The highest BCUT2D eigenvalue weighted by Gasteiger charge is 2.17. The lowest BCUT2D eigenvalue weighted by atomic mass is 10.3. The molecule has 1 aromatic heterocycles. The van der Waals surface area contributed by atoms with Crippen LogP contribution in [0.1, 0.15) is 25.7 Å². The van der Waals surface area contributed by atoms with Gasteiger partial charge >= 0.3 is 6.01 Å². The van der Waals surface area contributed by atoms with Crippen molar-refractivity contribution in [2.45, 2.75) is 31.8 Å². The van der Waals surface area contributed by atoms with E-state index in [2.05, 4.69) is 25.9 Å². The van der Waals surface area contributed by atoms with Gasteiger partial charge in [-0.25, -0.2) is 4.98 Å². The van der Waals surface area contributed by atoms with Crippen molar-refractivity contribution in [3.05, 3.63) is 16.9 Å². The summed E-state index contributed by atoms with van der Waals surface area (Å²) >= 11 is 3.28. The third-order valence-electron chi connectivity index (χ3n) is 2.17. The first-order valence-corrected chi connectivity index (χ1v) is 5.29. The molecule has 0 aromatic carbocycles. The highest BCUT2D eigenvalue weighted by Crippen LogP contribution is 2.22. The number of ether oxygens (including phenoxy) is 1. The summed E-state index contributed by atoms with van der Waals surface area (Å²) in [5.74, 6) is 0. The van der Waals surface area contributed by atoms with Gasteiger partial charge in [0, 0.05) is 6.20 Å². The lowest BCUT2D eigenvalue weighted by Gasteiger charge is -2.10. The van der Waals surface area contributed by atoms with Gasteiger partial charge in [0.1, 0.15) is 10.7 Å². The van der Waals surface area contributed by atoms with Crippen molar-refractivity contribution in [2.24, 2.45) is 0 Å². The van der Waals surface area contributed by atoms with Gasteiger partial charge < -0.3 is 4.74 Å². The standard InChI is InChI=1S/C9H11BrN2O/c10-8-5-6-11-9(12-8)13-7-3-1-2-4-7/h5-7H,1-4H2. The van der Waals surface area contributed by atoms with Crippen LogP contribution in [0.3, 0.4) is 0 Å². The Bertz CT molecular complexity index is 287. The second-order valence-electron chi connectivity index (χ2n) is 3.19. The lowest BCUT2D eigenvalue weighted by Crippen LogP contribution is -2.12. The van der Waals surface area contributed by atoms with Crippen LogP contribution in [0.4, 0.5) is 0 Å². The van der Waals surface area contributed by atoms with Gasteiger partial charge in [0.15, 0.2) is 0 Å². The molecule has 1 fully saturated rings. The molecule has 1 heterocycles. The van der Waals surface area contributed by atoms with Gasteiger partial charge in [-0.05, 0) is 47.7 Å². The van der Waals surface area contributed by atoms with E-state index in [1.807, 2.05) is 0 Å². The van der Waals surface area contributed by atoms with Crippen molar-refractivity contribution in [3.63, 3.8) is 0 Å². The SMILES string of the molecule is Brc1ccnc(OC2CCCC2)n1. The Kier molecular flexibility index (Phi) is 2.78. The van der Waals surface area contributed by atoms with Crippen LogP contribution in [0.15, 0.2) is 16.9 Å².